The molecule has 0 aliphatic carbocycles. The summed E-state index contributed by atoms with van der Waals surface area (Å²) in [5.41, 5.74) is 5.58. The van der Waals surface area contributed by atoms with E-state index < -0.39 is 0 Å². The molecule has 150 valence electrons. The van der Waals surface area contributed by atoms with Gasteiger partial charge in [-0.05, 0) is 42.8 Å². The molecule has 0 spiro atoms. The normalized spacial score (nSPS) is 11.4. The fourth-order valence-electron chi connectivity index (χ4n) is 3.66. The SMILES string of the molecule is C=CCn1c2ccccc2n2nc(C)c(C(=O)C=Cc3ccc(NC(C)=O)cc3)c12. The quantitative estimate of drug-likeness (QED) is 0.292. The lowest BCUT2D eigenvalue weighted by Gasteiger charge is -2.04. The number of benzene rings is 2. The molecular formula is C24H22N4O2. The Labute approximate surface area is 174 Å². The van der Waals surface area contributed by atoms with Gasteiger partial charge in [-0.1, -0.05) is 36.4 Å². The van der Waals surface area contributed by atoms with E-state index in [1.165, 1.54) is 6.92 Å². The predicted octanol–water partition coefficient (Wildman–Crippen LogP) is 4.64. The number of carbonyl (C=O) groups excluding carboxylic acids is 2. The van der Waals surface area contributed by atoms with Gasteiger partial charge in [0.2, 0.25) is 5.91 Å². The molecule has 0 saturated heterocycles. The molecule has 0 fully saturated rings. The number of ketones is 1. The molecular weight excluding hydrogens is 376 g/mol. The van der Waals surface area contributed by atoms with Crippen molar-refractivity contribution in [2.45, 2.75) is 20.4 Å². The van der Waals surface area contributed by atoms with E-state index in [1.54, 1.807) is 24.3 Å². The second-order valence-corrected chi connectivity index (χ2v) is 7.08. The van der Waals surface area contributed by atoms with Crippen molar-refractivity contribution in [3.05, 3.63) is 84.1 Å². The molecule has 4 rings (SSSR count). The Morgan fingerprint density at radius 3 is 2.47 bits per heavy atom. The van der Waals surface area contributed by atoms with Crippen LogP contribution in [0.4, 0.5) is 5.69 Å². The van der Waals surface area contributed by atoms with E-state index in [1.807, 2.05) is 53.9 Å². The number of rotatable bonds is 6. The molecule has 0 radical (unpaired) electrons. The summed E-state index contributed by atoms with van der Waals surface area (Å²) < 4.78 is 3.89. The van der Waals surface area contributed by atoms with Crippen molar-refractivity contribution in [1.29, 1.82) is 0 Å². The second-order valence-electron chi connectivity index (χ2n) is 7.08. The lowest BCUT2D eigenvalue weighted by Crippen LogP contribution is -2.05. The monoisotopic (exact) mass is 398 g/mol. The predicted molar refractivity (Wildman–Crippen MR) is 120 cm³/mol. The van der Waals surface area contributed by atoms with Crippen LogP contribution < -0.4 is 5.32 Å². The van der Waals surface area contributed by atoms with Crippen molar-refractivity contribution in [2.24, 2.45) is 0 Å². The summed E-state index contributed by atoms with van der Waals surface area (Å²) in [4.78, 5) is 24.3. The molecule has 4 aromatic rings. The van der Waals surface area contributed by atoms with Crippen LogP contribution in [-0.4, -0.2) is 25.9 Å². The van der Waals surface area contributed by atoms with Crippen LogP contribution >= 0.6 is 0 Å². The number of para-hydroxylation sites is 2. The number of hydrogen-bond acceptors (Lipinski definition) is 3. The maximum absolute atomic E-state index is 13.1. The zero-order valence-corrected chi connectivity index (χ0v) is 16.9. The smallest absolute Gasteiger partial charge is 0.221 e. The standard InChI is InChI=1S/C24H22N4O2/c1-4-15-27-20-7-5-6-8-21(20)28-24(27)23(16(2)26-28)22(30)14-11-18-9-12-19(13-10-18)25-17(3)29/h4-14H,1,15H2,2-3H3,(H,25,29). The summed E-state index contributed by atoms with van der Waals surface area (Å²) in [6.45, 7) is 7.75. The van der Waals surface area contributed by atoms with Gasteiger partial charge in [-0.25, -0.2) is 4.52 Å². The summed E-state index contributed by atoms with van der Waals surface area (Å²) in [5, 5.41) is 7.35. The lowest BCUT2D eigenvalue weighted by atomic mass is 10.1. The minimum absolute atomic E-state index is 0.110. The molecule has 6 nitrogen and oxygen atoms in total. The van der Waals surface area contributed by atoms with Gasteiger partial charge < -0.3 is 9.88 Å². The highest BCUT2D eigenvalue weighted by atomic mass is 16.1. The highest BCUT2D eigenvalue weighted by Crippen LogP contribution is 2.26. The number of nitrogens with one attached hydrogen (secondary N) is 1. The van der Waals surface area contributed by atoms with E-state index in [9.17, 15) is 9.59 Å². The van der Waals surface area contributed by atoms with Gasteiger partial charge in [-0.2, -0.15) is 5.10 Å². The fourth-order valence-corrected chi connectivity index (χ4v) is 3.66. The first-order chi connectivity index (χ1) is 14.5. The number of amides is 1. The van der Waals surface area contributed by atoms with Crippen LogP contribution in [0.1, 0.15) is 28.5 Å². The van der Waals surface area contributed by atoms with Gasteiger partial charge >= 0.3 is 0 Å². The molecule has 0 bridgehead atoms. The van der Waals surface area contributed by atoms with Crippen LogP contribution in [-0.2, 0) is 11.3 Å². The van der Waals surface area contributed by atoms with Crippen molar-refractivity contribution in [1.82, 2.24) is 14.2 Å². The number of nitrogens with zero attached hydrogens (tertiary/aromatic N) is 3. The summed E-state index contributed by atoms with van der Waals surface area (Å²) in [6, 6.07) is 15.3. The minimum Gasteiger partial charge on any atom is -0.326 e. The minimum atomic E-state index is -0.121. The summed E-state index contributed by atoms with van der Waals surface area (Å²) in [5.74, 6) is -0.231. The average Bonchev–Trinajstić information content (AvgIpc) is 3.21. The molecule has 0 atom stereocenters. The second kappa shape index (κ2) is 7.83. The van der Waals surface area contributed by atoms with E-state index in [4.69, 9.17) is 0 Å². The van der Waals surface area contributed by atoms with E-state index in [2.05, 4.69) is 21.6 Å². The first-order valence-corrected chi connectivity index (χ1v) is 9.67. The first kappa shape index (κ1) is 19.4. The van der Waals surface area contributed by atoms with Crippen LogP contribution in [0.15, 0.2) is 67.3 Å². The highest BCUT2D eigenvalue weighted by molar-refractivity contribution is 6.12. The molecule has 2 aromatic heterocycles. The zero-order valence-electron chi connectivity index (χ0n) is 16.9. The lowest BCUT2D eigenvalue weighted by molar-refractivity contribution is -0.114. The topological polar surface area (TPSA) is 68.4 Å². The highest BCUT2D eigenvalue weighted by Gasteiger charge is 2.21. The van der Waals surface area contributed by atoms with Crippen molar-refractivity contribution in [2.75, 3.05) is 5.32 Å². The third kappa shape index (κ3) is 3.43. The molecule has 1 amide bonds. The summed E-state index contributed by atoms with van der Waals surface area (Å²) in [6.07, 6.45) is 5.14. The molecule has 0 aliphatic heterocycles. The maximum atomic E-state index is 13.1. The van der Waals surface area contributed by atoms with Crippen LogP contribution in [0.3, 0.4) is 0 Å². The largest absolute Gasteiger partial charge is 0.326 e. The number of imidazole rings is 1. The number of anilines is 1. The van der Waals surface area contributed by atoms with Gasteiger partial charge in [0, 0.05) is 19.2 Å². The third-order valence-electron chi connectivity index (χ3n) is 4.91. The first-order valence-electron chi connectivity index (χ1n) is 9.67. The molecule has 2 heterocycles. The molecule has 0 aliphatic rings. The van der Waals surface area contributed by atoms with E-state index >= 15 is 0 Å². The van der Waals surface area contributed by atoms with Crippen LogP contribution in [0.25, 0.3) is 22.8 Å². The van der Waals surface area contributed by atoms with E-state index in [0.29, 0.717) is 23.5 Å². The number of hydrogen-bond donors (Lipinski definition) is 1. The van der Waals surface area contributed by atoms with Gasteiger partial charge in [0.25, 0.3) is 0 Å². The molecule has 0 saturated carbocycles. The molecule has 1 N–H and O–H groups in total. The Morgan fingerprint density at radius 2 is 1.80 bits per heavy atom. The maximum Gasteiger partial charge on any atom is 0.221 e. The van der Waals surface area contributed by atoms with Crippen molar-refractivity contribution in [3.8, 4) is 0 Å². The summed E-state index contributed by atoms with van der Waals surface area (Å²) in [7, 11) is 0. The van der Waals surface area contributed by atoms with Crippen LogP contribution in [0.2, 0.25) is 0 Å². The van der Waals surface area contributed by atoms with Gasteiger partial charge in [0.1, 0.15) is 5.65 Å². The molecule has 0 unspecified atom stereocenters. The molecule has 6 heteroatoms. The fraction of sp³-hybridized carbons (Fsp3) is 0.125. The van der Waals surface area contributed by atoms with Gasteiger partial charge in [0.15, 0.2) is 5.78 Å². The molecule has 2 aromatic carbocycles. The number of carbonyl (C=O) groups is 2. The van der Waals surface area contributed by atoms with Crippen LogP contribution in [0, 0.1) is 6.92 Å². The van der Waals surface area contributed by atoms with Crippen molar-refractivity contribution in [3.63, 3.8) is 0 Å². The Kier molecular flexibility index (Phi) is 5.06. The van der Waals surface area contributed by atoms with E-state index in [-0.39, 0.29) is 11.7 Å². The van der Waals surface area contributed by atoms with Crippen LogP contribution in [0.5, 0.6) is 0 Å². The van der Waals surface area contributed by atoms with Gasteiger partial charge in [-0.3, -0.25) is 9.59 Å². The number of aromatic nitrogens is 3. The summed E-state index contributed by atoms with van der Waals surface area (Å²) >= 11 is 0. The number of aryl methyl sites for hydroxylation is 1. The van der Waals surface area contributed by atoms with Gasteiger partial charge in [0.05, 0.1) is 22.3 Å². The third-order valence-corrected chi connectivity index (χ3v) is 4.91. The number of allylic oxidation sites excluding steroid dienone is 2. The Bertz CT molecular complexity index is 1310. The molecule has 30 heavy (non-hydrogen) atoms. The zero-order chi connectivity index (χ0) is 21.3. The number of fused-ring (bicyclic) bond motifs is 3. The van der Waals surface area contributed by atoms with Crippen molar-refractivity contribution >= 4 is 40.1 Å². The Balaban J connectivity index is 1.73. The van der Waals surface area contributed by atoms with Crippen molar-refractivity contribution < 1.29 is 9.59 Å². The van der Waals surface area contributed by atoms with Gasteiger partial charge in [-0.15, -0.1) is 6.58 Å². The Hall–Kier alpha value is -3.93. The Morgan fingerprint density at radius 1 is 1.10 bits per heavy atom. The average molecular weight is 398 g/mol. The van der Waals surface area contributed by atoms with E-state index in [0.717, 1.165) is 22.2 Å².